The van der Waals surface area contributed by atoms with Gasteiger partial charge in [-0.2, -0.15) is 0 Å². The summed E-state index contributed by atoms with van der Waals surface area (Å²) < 4.78 is 0. The number of hydrogen-bond acceptors (Lipinski definition) is 3. The van der Waals surface area contributed by atoms with Crippen LogP contribution in [0, 0.1) is 11.8 Å². The smallest absolute Gasteiger partial charge is 0.303 e. The summed E-state index contributed by atoms with van der Waals surface area (Å²) in [5.41, 5.74) is 2.26. The number of rotatable bonds is 13. The number of phenols is 1. The second kappa shape index (κ2) is 14.1. The number of hydrogen-bond donors (Lipinski definition) is 3. The molecular weight excluding hydrogens is 388 g/mol. The number of aliphatic hydroxyl groups is 1. The van der Waals surface area contributed by atoms with Crippen molar-refractivity contribution in [3.05, 3.63) is 53.6 Å². The summed E-state index contributed by atoms with van der Waals surface area (Å²) in [6.45, 7) is 2.17. The van der Waals surface area contributed by atoms with E-state index in [-0.39, 0.29) is 12.2 Å². The average molecular weight is 429 g/mol. The number of aliphatic hydroxyl groups excluding tert-OH is 1. The Balaban J connectivity index is 1.97. The van der Waals surface area contributed by atoms with Crippen molar-refractivity contribution >= 4 is 5.97 Å². The lowest BCUT2D eigenvalue weighted by Gasteiger charge is -2.27. The molecule has 1 aliphatic carbocycles. The topological polar surface area (TPSA) is 77.8 Å². The molecule has 0 aromatic heterocycles. The number of phenolic OH excluding ortho intramolecular Hbond substituents is 1. The predicted molar refractivity (Wildman–Crippen MR) is 126 cm³/mol. The maximum atomic E-state index is 10.7. The number of aliphatic carboxylic acids is 1. The van der Waals surface area contributed by atoms with Crippen molar-refractivity contribution in [2.45, 2.75) is 90.1 Å². The minimum Gasteiger partial charge on any atom is -0.508 e. The Kier molecular flexibility index (Phi) is 11.4. The molecule has 3 N–H and O–H groups in total. The second-order valence-electron chi connectivity index (χ2n) is 9.08. The molecule has 0 heterocycles. The van der Waals surface area contributed by atoms with Crippen LogP contribution >= 0.6 is 0 Å². The summed E-state index contributed by atoms with van der Waals surface area (Å²) in [6.07, 6.45) is 17.5. The van der Waals surface area contributed by atoms with Crippen LogP contribution in [0.5, 0.6) is 5.75 Å². The van der Waals surface area contributed by atoms with E-state index in [0.29, 0.717) is 11.8 Å². The fourth-order valence-corrected chi connectivity index (χ4v) is 4.50. The number of aromatic hydroxyl groups is 1. The normalized spacial score (nSPS) is 20.8. The minimum absolute atomic E-state index is 0.277. The van der Waals surface area contributed by atoms with Crippen molar-refractivity contribution in [1.82, 2.24) is 0 Å². The van der Waals surface area contributed by atoms with Crippen LogP contribution in [0.25, 0.3) is 0 Å². The summed E-state index contributed by atoms with van der Waals surface area (Å²) >= 11 is 0. The highest BCUT2D eigenvalue weighted by atomic mass is 16.4. The lowest BCUT2D eigenvalue weighted by atomic mass is 9.79. The SMILES string of the molecule is CCCCC[C@H](O)C=CC(=CC1CCC(CCCC(=O)O)CC1)Cc1cccc(O)c1. The van der Waals surface area contributed by atoms with E-state index in [0.717, 1.165) is 76.2 Å². The molecule has 0 amide bonds. The number of carboxylic acids is 1. The van der Waals surface area contributed by atoms with E-state index in [1.807, 2.05) is 18.2 Å². The summed E-state index contributed by atoms with van der Waals surface area (Å²) in [4.78, 5) is 10.7. The van der Waals surface area contributed by atoms with E-state index < -0.39 is 12.1 Å². The summed E-state index contributed by atoms with van der Waals surface area (Å²) in [7, 11) is 0. The average Bonchev–Trinajstić information content (AvgIpc) is 2.73. The quantitative estimate of drug-likeness (QED) is 0.250. The van der Waals surface area contributed by atoms with Crippen LogP contribution in [0.15, 0.2) is 48.1 Å². The van der Waals surface area contributed by atoms with Gasteiger partial charge in [0.25, 0.3) is 0 Å². The molecule has 0 unspecified atom stereocenters. The molecule has 0 aliphatic heterocycles. The fourth-order valence-electron chi connectivity index (χ4n) is 4.50. The van der Waals surface area contributed by atoms with Crippen LogP contribution in [0.2, 0.25) is 0 Å². The largest absolute Gasteiger partial charge is 0.508 e. The molecule has 31 heavy (non-hydrogen) atoms. The Hall–Kier alpha value is -2.07. The first-order valence-corrected chi connectivity index (χ1v) is 12.0. The van der Waals surface area contributed by atoms with Crippen molar-refractivity contribution < 1.29 is 20.1 Å². The molecule has 1 fully saturated rings. The Morgan fingerprint density at radius 1 is 1.16 bits per heavy atom. The number of unbranched alkanes of at least 4 members (excludes halogenated alkanes) is 2. The van der Waals surface area contributed by atoms with Crippen LogP contribution in [-0.4, -0.2) is 27.4 Å². The van der Waals surface area contributed by atoms with Gasteiger partial charge in [0.15, 0.2) is 0 Å². The molecule has 0 saturated heterocycles. The highest BCUT2D eigenvalue weighted by Gasteiger charge is 2.20. The van der Waals surface area contributed by atoms with Gasteiger partial charge in [0, 0.05) is 6.42 Å². The Morgan fingerprint density at radius 2 is 1.94 bits per heavy atom. The highest BCUT2D eigenvalue weighted by molar-refractivity contribution is 5.66. The third-order valence-electron chi connectivity index (χ3n) is 6.30. The maximum Gasteiger partial charge on any atom is 0.303 e. The second-order valence-corrected chi connectivity index (χ2v) is 9.08. The van der Waals surface area contributed by atoms with E-state index in [2.05, 4.69) is 19.1 Å². The van der Waals surface area contributed by atoms with Gasteiger partial charge >= 0.3 is 5.97 Å². The van der Waals surface area contributed by atoms with Gasteiger partial charge in [0.1, 0.15) is 5.75 Å². The van der Waals surface area contributed by atoms with Gasteiger partial charge in [-0.25, -0.2) is 0 Å². The number of carbonyl (C=O) groups is 1. The molecule has 4 heteroatoms. The molecule has 0 bridgehead atoms. The zero-order chi connectivity index (χ0) is 22.5. The van der Waals surface area contributed by atoms with E-state index in [1.165, 1.54) is 5.57 Å². The number of benzene rings is 1. The van der Waals surface area contributed by atoms with Crippen LogP contribution in [0.1, 0.15) is 83.1 Å². The van der Waals surface area contributed by atoms with Gasteiger partial charge in [-0.1, -0.05) is 56.5 Å². The molecule has 1 atom stereocenters. The molecule has 1 aromatic carbocycles. The predicted octanol–water partition coefficient (Wildman–Crippen LogP) is 6.42. The van der Waals surface area contributed by atoms with Crippen LogP contribution in [-0.2, 0) is 11.2 Å². The van der Waals surface area contributed by atoms with Crippen LogP contribution in [0.4, 0.5) is 0 Å². The highest BCUT2D eigenvalue weighted by Crippen LogP contribution is 2.33. The monoisotopic (exact) mass is 428 g/mol. The Bertz CT molecular complexity index is 714. The Morgan fingerprint density at radius 3 is 2.61 bits per heavy atom. The lowest BCUT2D eigenvalue weighted by molar-refractivity contribution is -0.137. The Labute approximate surface area is 187 Å². The molecule has 0 spiro atoms. The number of allylic oxidation sites excluding steroid dienone is 3. The van der Waals surface area contributed by atoms with Crippen molar-refractivity contribution in [2.75, 3.05) is 0 Å². The van der Waals surface area contributed by atoms with Gasteiger partial charge in [-0.3, -0.25) is 4.79 Å². The molecule has 4 nitrogen and oxygen atoms in total. The summed E-state index contributed by atoms with van der Waals surface area (Å²) in [6, 6.07) is 7.39. The molecular formula is C27H40O4. The molecule has 1 aliphatic rings. The molecule has 2 rings (SSSR count). The van der Waals surface area contributed by atoms with Crippen LogP contribution in [0.3, 0.4) is 0 Å². The first kappa shape index (κ1) is 25.2. The van der Waals surface area contributed by atoms with Gasteiger partial charge in [-0.05, 0) is 86.5 Å². The molecule has 0 radical (unpaired) electrons. The molecule has 172 valence electrons. The van der Waals surface area contributed by atoms with E-state index >= 15 is 0 Å². The van der Waals surface area contributed by atoms with E-state index in [9.17, 15) is 15.0 Å². The third-order valence-corrected chi connectivity index (χ3v) is 6.30. The van der Waals surface area contributed by atoms with Gasteiger partial charge < -0.3 is 15.3 Å². The van der Waals surface area contributed by atoms with Crippen molar-refractivity contribution in [3.63, 3.8) is 0 Å². The van der Waals surface area contributed by atoms with E-state index in [4.69, 9.17) is 5.11 Å². The van der Waals surface area contributed by atoms with Gasteiger partial charge in [0.05, 0.1) is 6.10 Å². The standard InChI is InChI=1S/C27H40O4/c1-2-3-4-9-25(28)17-16-24(19-23-8-5-10-26(29)20-23)18-22-14-12-21(13-15-22)7-6-11-27(30)31/h5,8,10,16-18,20-22,25,28-29H,2-4,6-7,9,11-15,19H2,1H3,(H,30,31)/t21?,22?,25-/m0/s1. The summed E-state index contributed by atoms with van der Waals surface area (Å²) in [5, 5.41) is 28.9. The maximum absolute atomic E-state index is 10.7. The molecule has 1 saturated carbocycles. The van der Waals surface area contributed by atoms with Crippen LogP contribution < -0.4 is 0 Å². The zero-order valence-corrected chi connectivity index (χ0v) is 19.0. The summed E-state index contributed by atoms with van der Waals surface area (Å²) in [5.74, 6) is 0.749. The minimum atomic E-state index is -0.697. The van der Waals surface area contributed by atoms with Crippen molar-refractivity contribution in [1.29, 1.82) is 0 Å². The van der Waals surface area contributed by atoms with Crippen molar-refractivity contribution in [2.24, 2.45) is 11.8 Å². The van der Waals surface area contributed by atoms with E-state index in [1.54, 1.807) is 12.1 Å². The zero-order valence-electron chi connectivity index (χ0n) is 19.0. The first-order chi connectivity index (χ1) is 15.0. The lowest BCUT2D eigenvalue weighted by Crippen LogP contribution is -2.14. The van der Waals surface area contributed by atoms with Gasteiger partial charge in [-0.15, -0.1) is 0 Å². The van der Waals surface area contributed by atoms with Gasteiger partial charge in [0.2, 0.25) is 0 Å². The third kappa shape index (κ3) is 10.7. The first-order valence-electron chi connectivity index (χ1n) is 12.0. The number of carboxylic acid groups (broad SMARTS) is 1. The van der Waals surface area contributed by atoms with Crippen molar-refractivity contribution in [3.8, 4) is 5.75 Å². The molecule has 1 aromatic rings. The fraction of sp³-hybridized carbons (Fsp3) is 0.593.